The van der Waals surface area contributed by atoms with Gasteiger partial charge in [0.05, 0.1) is 37.4 Å². The Morgan fingerprint density at radius 1 is 1.00 bits per heavy atom. The molecule has 0 atom stereocenters. The number of nitrogens with zero attached hydrogens (tertiary/aromatic N) is 6. The summed E-state index contributed by atoms with van der Waals surface area (Å²) in [6.45, 7) is 3.57. The van der Waals surface area contributed by atoms with Gasteiger partial charge in [-0.05, 0) is 48.7 Å². The van der Waals surface area contributed by atoms with Gasteiger partial charge < -0.3 is 9.64 Å². The molecule has 4 heterocycles. The maximum absolute atomic E-state index is 5.26. The number of para-hydroxylation sites is 1. The molecule has 0 unspecified atom stereocenters. The second-order valence-corrected chi connectivity index (χ2v) is 8.48. The first-order valence-electron chi connectivity index (χ1n) is 11.3. The van der Waals surface area contributed by atoms with Crippen molar-refractivity contribution in [2.45, 2.75) is 19.9 Å². The van der Waals surface area contributed by atoms with Crippen LogP contribution in [0.15, 0.2) is 73.2 Å². The molecule has 7 heteroatoms. The molecule has 7 nitrogen and oxygen atoms in total. The van der Waals surface area contributed by atoms with Crippen LogP contribution in [0.3, 0.4) is 0 Å². The molecular formula is C27H24N6O. The van der Waals surface area contributed by atoms with Crippen LogP contribution in [-0.2, 0) is 13.0 Å². The van der Waals surface area contributed by atoms with E-state index in [-0.39, 0.29) is 0 Å². The molecule has 0 radical (unpaired) electrons. The summed E-state index contributed by atoms with van der Waals surface area (Å²) in [4.78, 5) is 16.4. The van der Waals surface area contributed by atoms with Crippen molar-refractivity contribution in [3.8, 4) is 17.0 Å². The maximum atomic E-state index is 5.26. The molecule has 0 fully saturated rings. The van der Waals surface area contributed by atoms with Gasteiger partial charge in [-0.1, -0.05) is 30.3 Å². The normalized spacial score (nSPS) is 12.8. The third-order valence-electron chi connectivity index (χ3n) is 6.34. The van der Waals surface area contributed by atoms with Crippen LogP contribution in [0.1, 0.15) is 16.8 Å². The summed E-state index contributed by atoms with van der Waals surface area (Å²) in [5.74, 6) is 1.70. The van der Waals surface area contributed by atoms with E-state index >= 15 is 0 Å². The van der Waals surface area contributed by atoms with Crippen LogP contribution >= 0.6 is 0 Å². The van der Waals surface area contributed by atoms with Gasteiger partial charge in [-0.25, -0.2) is 14.6 Å². The fraction of sp³-hybridized carbons (Fsp3) is 0.185. The number of hydrogen-bond donors (Lipinski definition) is 0. The van der Waals surface area contributed by atoms with E-state index in [0.29, 0.717) is 6.54 Å². The Hall–Kier alpha value is -4.26. The molecule has 2 aromatic carbocycles. The number of aromatic nitrogens is 5. The molecule has 0 amide bonds. The summed E-state index contributed by atoms with van der Waals surface area (Å²) in [6, 6.07) is 18.6. The Bertz CT molecular complexity index is 1490. The maximum Gasteiger partial charge on any atom is 0.158 e. The second-order valence-electron chi connectivity index (χ2n) is 8.48. The first-order valence-corrected chi connectivity index (χ1v) is 11.3. The van der Waals surface area contributed by atoms with Gasteiger partial charge in [-0.2, -0.15) is 5.10 Å². The lowest BCUT2D eigenvalue weighted by Crippen LogP contribution is -2.15. The van der Waals surface area contributed by atoms with E-state index in [1.807, 2.05) is 48.3 Å². The van der Waals surface area contributed by atoms with E-state index in [9.17, 15) is 0 Å². The van der Waals surface area contributed by atoms with Gasteiger partial charge in [-0.3, -0.25) is 4.98 Å². The standard InChI is InChI=1S/C27H24N6O/c1-18-23-13-21(14-29-27(23)33(31-18)17-19-7-9-22(34-2)10-8-19)24-15-28-16-26(30-24)32-12-11-20-5-3-4-6-25(20)32/h3-10,13-16H,11-12,17H2,1-2H3. The number of rotatable bonds is 5. The lowest BCUT2D eigenvalue weighted by atomic mass is 10.1. The van der Waals surface area contributed by atoms with Crippen LogP contribution in [0, 0.1) is 6.92 Å². The summed E-state index contributed by atoms with van der Waals surface area (Å²) in [7, 11) is 1.67. The van der Waals surface area contributed by atoms with Crippen LogP contribution in [0.25, 0.3) is 22.3 Å². The fourth-order valence-electron chi connectivity index (χ4n) is 4.57. The van der Waals surface area contributed by atoms with Crippen LogP contribution in [0.4, 0.5) is 11.5 Å². The van der Waals surface area contributed by atoms with Crippen LogP contribution in [0.5, 0.6) is 5.75 Å². The molecular weight excluding hydrogens is 424 g/mol. The van der Waals surface area contributed by atoms with Crippen LogP contribution in [-0.4, -0.2) is 38.4 Å². The quantitative estimate of drug-likeness (QED) is 0.379. The van der Waals surface area contributed by atoms with E-state index in [0.717, 1.165) is 58.1 Å². The van der Waals surface area contributed by atoms with E-state index in [1.54, 1.807) is 13.3 Å². The van der Waals surface area contributed by atoms with Crippen molar-refractivity contribution in [3.63, 3.8) is 0 Å². The minimum absolute atomic E-state index is 0.643. The molecule has 1 aliphatic heterocycles. The molecule has 1 aliphatic rings. The number of ether oxygens (including phenoxy) is 1. The van der Waals surface area contributed by atoms with Crippen molar-refractivity contribution in [3.05, 3.63) is 90.0 Å². The highest BCUT2D eigenvalue weighted by Gasteiger charge is 2.21. The molecule has 3 aromatic heterocycles. The van der Waals surface area contributed by atoms with E-state index in [2.05, 4.69) is 40.2 Å². The van der Waals surface area contributed by atoms with Crippen LogP contribution in [0.2, 0.25) is 0 Å². The van der Waals surface area contributed by atoms with Crippen molar-refractivity contribution in [2.24, 2.45) is 0 Å². The number of hydrogen-bond acceptors (Lipinski definition) is 6. The summed E-state index contributed by atoms with van der Waals surface area (Å²) in [5.41, 5.74) is 7.22. The first-order chi connectivity index (χ1) is 16.7. The second kappa shape index (κ2) is 8.26. The number of fused-ring (bicyclic) bond motifs is 2. The van der Waals surface area contributed by atoms with Crippen molar-refractivity contribution in [1.82, 2.24) is 24.7 Å². The zero-order valence-electron chi connectivity index (χ0n) is 19.1. The van der Waals surface area contributed by atoms with Crippen molar-refractivity contribution >= 4 is 22.5 Å². The van der Waals surface area contributed by atoms with Gasteiger partial charge in [0.1, 0.15) is 5.75 Å². The highest BCUT2D eigenvalue weighted by Crippen LogP contribution is 2.34. The van der Waals surface area contributed by atoms with Gasteiger partial charge in [0, 0.05) is 29.4 Å². The number of pyridine rings is 1. The number of anilines is 2. The van der Waals surface area contributed by atoms with E-state index in [1.165, 1.54) is 11.3 Å². The molecule has 0 N–H and O–H groups in total. The molecule has 0 saturated carbocycles. The Kier molecular flexibility index (Phi) is 4.95. The highest BCUT2D eigenvalue weighted by molar-refractivity contribution is 5.83. The van der Waals surface area contributed by atoms with Crippen molar-refractivity contribution in [1.29, 1.82) is 0 Å². The Morgan fingerprint density at radius 2 is 1.85 bits per heavy atom. The predicted molar refractivity (Wildman–Crippen MR) is 133 cm³/mol. The average Bonchev–Trinajstić information content (AvgIpc) is 3.45. The third-order valence-corrected chi connectivity index (χ3v) is 6.34. The third kappa shape index (κ3) is 3.55. The van der Waals surface area contributed by atoms with Crippen molar-refractivity contribution < 1.29 is 4.74 Å². The number of benzene rings is 2. The van der Waals surface area contributed by atoms with Gasteiger partial charge in [0.25, 0.3) is 0 Å². The number of aryl methyl sites for hydroxylation is 1. The Balaban J connectivity index is 1.32. The average molecular weight is 449 g/mol. The molecule has 0 spiro atoms. The van der Waals surface area contributed by atoms with Crippen LogP contribution < -0.4 is 9.64 Å². The summed E-state index contributed by atoms with van der Waals surface area (Å²) >= 11 is 0. The summed E-state index contributed by atoms with van der Waals surface area (Å²) < 4.78 is 7.20. The number of methoxy groups -OCH3 is 1. The van der Waals surface area contributed by atoms with Gasteiger partial charge in [0.15, 0.2) is 11.5 Å². The largest absolute Gasteiger partial charge is 0.497 e. The SMILES string of the molecule is COc1ccc(Cn2nc(C)c3cc(-c4cncc(N5CCc6ccccc65)n4)cnc32)cc1. The molecule has 6 rings (SSSR count). The van der Waals surface area contributed by atoms with Gasteiger partial charge in [0.2, 0.25) is 0 Å². The van der Waals surface area contributed by atoms with Gasteiger partial charge >= 0.3 is 0 Å². The zero-order chi connectivity index (χ0) is 23.1. The minimum atomic E-state index is 0.643. The lowest BCUT2D eigenvalue weighted by Gasteiger charge is -2.18. The molecule has 0 saturated heterocycles. The molecule has 0 bridgehead atoms. The van der Waals surface area contributed by atoms with E-state index < -0.39 is 0 Å². The summed E-state index contributed by atoms with van der Waals surface area (Å²) in [6.07, 6.45) is 6.50. The first kappa shape index (κ1) is 20.4. The molecule has 34 heavy (non-hydrogen) atoms. The monoisotopic (exact) mass is 448 g/mol. The zero-order valence-corrected chi connectivity index (χ0v) is 19.1. The van der Waals surface area contributed by atoms with Gasteiger partial charge in [-0.15, -0.1) is 0 Å². The Morgan fingerprint density at radius 3 is 2.71 bits per heavy atom. The van der Waals surface area contributed by atoms with E-state index in [4.69, 9.17) is 19.8 Å². The fourth-order valence-corrected chi connectivity index (χ4v) is 4.57. The smallest absolute Gasteiger partial charge is 0.158 e. The molecule has 0 aliphatic carbocycles. The Labute approximate surface area is 197 Å². The topological polar surface area (TPSA) is 69.0 Å². The lowest BCUT2D eigenvalue weighted by molar-refractivity contribution is 0.414. The predicted octanol–water partition coefficient (Wildman–Crippen LogP) is 4.95. The highest BCUT2D eigenvalue weighted by atomic mass is 16.5. The molecule has 5 aromatic rings. The molecule has 168 valence electrons. The summed E-state index contributed by atoms with van der Waals surface area (Å²) in [5, 5.41) is 5.76. The minimum Gasteiger partial charge on any atom is -0.497 e. The van der Waals surface area contributed by atoms with Crippen molar-refractivity contribution in [2.75, 3.05) is 18.6 Å².